The topological polar surface area (TPSA) is 55.4 Å². The summed E-state index contributed by atoms with van der Waals surface area (Å²) in [5, 5.41) is 0. The number of hydrogen-bond acceptors (Lipinski definition) is 6. The van der Waals surface area contributed by atoms with Crippen LogP contribution in [0.5, 0.6) is 34.5 Å². The van der Waals surface area contributed by atoms with Gasteiger partial charge in [0.25, 0.3) is 0 Å². The van der Waals surface area contributed by atoms with Gasteiger partial charge in [0.15, 0.2) is 0 Å². The number of methoxy groups -OCH3 is 6. The van der Waals surface area contributed by atoms with Crippen molar-refractivity contribution < 1.29 is 28.4 Å². The summed E-state index contributed by atoms with van der Waals surface area (Å²) in [6, 6.07) is 7.41. The molecule has 0 radical (unpaired) electrons. The summed E-state index contributed by atoms with van der Waals surface area (Å²) < 4.78 is 34.9. The molecule has 0 bridgehead atoms. The van der Waals surface area contributed by atoms with E-state index in [1.807, 2.05) is 24.3 Å². The van der Waals surface area contributed by atoms with Crippen LogP contribution in [-0.4, -0.2) is 63.6 Å². The molecule has 0 aliphatic rings. The molecule has 0 spiro atoms. The summed E-state index contributed by atoms with van der Waals surface area (Å²) in [5.41, 5.74) is 0. The Labute approximate surface area is 158 Å². The van der Waals surface area contributed by atoms with E-state index in [0.29, 0.717) is 11.5 Å². The second-order valence-corrected chi connectivity index (χ2v) is 7.74. The zero-order valence-corrected chi connectivity index (χ0v) is 17.5. The van der Waals surface area contributed by atoms with Crippen LogP contribution < -0.4 is 35.6 Å². The molecule has 0 atom stereocenters. The zero-order valence-electron chi connectivity index (χ0n) is 15.2. The van der Waals surface area contributed by atoms with Crippen molar-refractivity contribution in [2.75, 3.05) is 42.7 Å². The van der Waals surface area contributed by atoms with Crippen LogP contribution in [-0.2, 0) is 0 Å². The fourth-order valence-corrected chi connectivity index (χ4v) is 5.61. The van der Waals surface area contributed by atoms with Gasteiger partial charge in [0.05, 0.1) is 0 Å². The summed E-state index contributed by atoms with van der Waals surface area (Å²) in [6.07, 6.45) is 0. The van der Waals surface area contributed by atoms with Crippen LogP contribution >= 0.6 is 0 Å². The normalized spacial score (nSPS) is 10.2. The average molecular weight is 462 g/mol. The van der Waals surface area contributed by atoms with Gasteiger partial charge in [-0.15, -0.1) is 0 Å². The predicted octanol–water partition coefficient (Wildman–Crippen LogP) is 1.39. The molecule has 136 valence electrons. The summed E-state index contributed by atoms with van der Waals surface area (Å²) in [6.45, 7) is 0. The fraction of sp³-hybridized carbons (Fsp3) is 0.333. The van der Waals surface area contributed by atoms with Crippen molar-refractivity contribution in [2.45, 2.75) is 0 Å². The SMILES string of the molecule is COc1cc(OC)c([Te]c2c(OC)cc(OC)cc2OC)c(OC)c1. The van der Waals surface area contributed by atoms with Crippen molar-refractivity contribution in [3.63, 3.8) is 0 Å². The third-order valence-corrected chi connectivity index (χ3v) is 7.01. The molecule has 0 N–H and O–H groups in total. The van der Waals surface area contributed by atoms with E-state index in [9.17, 15) is 0 Å². The Hall–Kier alpha value is -1.97. The van der Waals surface area contributed by atoms with Crippen molar-refractivity contribution >= 4 is 28.1 Å². The summed E-state index contributed by atoms with van der Waals surface area (Å²) in [4.78, 5) is 0. The zero-order chi connectivity index (χ0) is 18.4. The third kappa shape index (κ3) is 4.17. The van der Waals surface area contributed by atoms with Gasteiger partial charge in [0.2, 0.25) is 0 Å². The Morgan fingerprint density at radius 2 is 0.760 bits per heavy atom. The number of benzene rings is 2. The van der Waals surface area contributed by atoms with E-state index in [4.69, 9.17) is 28.4 Å². The molecule has 0 fully saturated rings. The van der Waals surface area contributed by atoms with Crippen LogP contribution in [0.2, 0.25) is 0 Å². The first kappa shape index (κ1) is 19.4. The molecule has 0 saturated heterocycles. The molecule has 7 heteroatoms. The first-order chi connectivity index (χ1) is 12.1. The van der Waals surface area contributed by atoms with E-state index in [-0.39, 0.29) is 0 Å². The molecule has 0 aliphatic carbocycles. The minimum atomic E-state index is -0.953. The van der Waals surface area contributed by atoms with Crippen molar-refractivity contribution in [2.24, 2.45) is 0 Å². The van der Waals surface area contributed by atoms with Crippen LogP contribution in [0.15, 0.2) is 24.3 Å². The Balaban J connectivity index is 2.59. The first-order valence-electron chi connectivity index (χ1n) is 7.39. The fourth-order valence-electron chi connectivity index (χ4n) is 2.25. The molecule has 0 heterocycles. The van der Waals surface area contributed by atoms with Gasteiger partial charge in [0.1, 0.15) is 0 Å². The van der Waals surface area contributed by atoms with E-state index >= 15 is 0 Å². The standard InChI is InChI=1S/C18H22O6Te/c1-19-11-7-13(21-3)17(14(8-11)22-4)25-18-15(23-5)9-12(20-2)10-16(18)24-6/h7-10H,1-6H3. The van der Waals surface area contributed by atoms with Crippen molar-refractivity contribution in [1.82, 2.24) is 0 Å². The van der Waals surface area contributed by atoms with E-state index in [2.05, 4.69) is 0 Å². The van der Waals surface area contributed by atoms with Gasteiger partial charge in [-0.25, -0.2) is 0 Å². The van der Waals surface area contributed by atoms with Gasteiger partial charge >= 0.3 is 158 Å². The number of hydrogen-bond donors (Lipinski definition) is 0. The van der Waals surface area contributed by atoms with Crippen LogP contribution in [0.4, 0.5) is 0 Å². The molecule has 2 aromatic rings. The molecule has 0 aromatic heterocycles. The Kier molecular flexibility index (Phi) is 6.91. The van der Waals surface area contributed by atoms with E-state index in [1.165, 1.54) is 0 Å². The summed E-state index contributed by atoms with van der Waals surface area (Å²) in [5.74, 6) is 4.24. The van der Waals surface area contributed by atoms with Gasteiger partial charge in [-0.3, -0.25) is 0 Å². The van der Waals surface area contributed by atoms with Gasteiger partial charge < -0.3 is 0 Å². The van der Waals surface area contributed by atoms with Crippen LogP contribution in [0.1, 0.15) is 0 Å². The van der Waals surface area contributed by atoms with Crippen LogP contribution in [0.25, 0.3) is 0 Å². The van der Waals surface area contributed by atoms with Gasteiger partial charge in [0, 0.05) is 0 Å². The van der Waals surface area contributed by atoms with Crippen molar-refractivity contribution in [1.29, 1.82) is 0 Å². The van der Waals surface area contributed by atoms with Crippen molar-refractivity contribution in [3.05, 3.63) is 24.3 Å². The minimum absolute atomic E-state index is 0.679. The summed E-state index contributed by atoms with van der Waals surface area (Å²) in [7, 11) is 9.75. The molecule has 25 heavy (non-hydrogen) atoms. The Morgan fingerprint density at radius 3 is 0.960 bits per heavy atom. The van der Waals surface area contributed by atoms with Crippen LogP contribution in [0, 0.1) is 0 Å². The van der Waals surface area contributed by atoms with Gasteiger partial charge in [-0.2, -0.15) is 0 Å². The third-order valence-electron chi connectivity index (χ3n) is 3.54. The molecule has 0 unspecified atom stereocenters. The van der Waals surface area contributed by atoms with E-state index in [0.717, 1.165) is 30.2 Å². The van der Waals surface area contributed by atoms with Crippen LogP contribution in [0.3, 0.4) is 0 Å². The molecule has 0 saturated carbocycles. The molecular formula is C18H22O6Te. The maximum absolute atomic E-state index is 5.56. The molecular weight excluding hydrogens is 440 g/mol. The van der Waals surface area contributed by atoms with E-state index in [1.54, 1.807) is 42.7 Å². The van der Waals surface area contributed by atoms with Gasteiger partial charge in [-0.1, -0.05) is 0 Å². The molecule has 6 nitrogen and oxygen atoms in total. The Bertz CT molecular complexity index is 620. The average Bonchev–Trinajstić information content (AvgIpc) is 2.67. The monoisotopic (exact) mass is 464 g/mol. The number of rotatable bonds is 8. The molecule has 0 amide bonds. The quantitative estimate of drug-likeness (QED) is 0.554. The van der Waals surface area contributed by atoms with Gasteiger partial charge in [-0.05, 0) is 0 Å². The molecule has 2 rings (SSSR count). The molecule has 0 aliphatic heterocycles. The second kappa shape index (κ2) is 8.93. The molecule has 2 aromatic carbocycles. The van der Waals surface area contributed by atoms with Crippen molar-refractivity contribution in [3.8, 4) is 34.5 Å². The predicted molar refractivity (Wildman–Crippen MR) is 97.2 cm³/mol. The maximum atomic E-state index is 5.56. The Morgan fingerprint density at radius 1 is 0.480 bits per heavy atom. The summed E-state index contributed by atoms with van der Waals surface area (Å²) >= 11 is -0.953. The number of ether oxygens (including phenoxy) is 6. The second-order valence-electron chi connectivity index (χ2n) is 4.82. The first-order valence-corrected chi connectivity index (χ1v) is 9.72. The van der Waals surface area contributed by atoms with E-state index < -0.39 is 20.9 Å².